The third kappa shape index (κ3) is 3.23. The third-order valence-corrected chi connectivity index (χ3v) is 3.95. The van der Waals surface area contributed by atoms with Crippen molar-refractivity contribution < 1.29 is 5.21 Å². The highest BCUT2D eigenvalue weighted by atomic mass is 35.5. The van der Waals surface area contributed by atoms with Gasteiger partial charge in [0.25, 0.3) is 0 Å². The topological polar surface area (TPSA) is 71.5 Å². The molecule has 0 aliphatic heterocycles. The van der Waals surface area contributed by atoms with Crippen molar-refractivity contribution in [3.8, 4) is 0 Å². The summed E-state index contributed by atoms with van der Waals surface area (Å²) in [4.78, 5) is 5.46. The summed E-state index contributed by atoms with van der Waals surface area (Å²) in [6, 6.07) is 9.34. The van der Waals surface area contributed by atoms with E-state index in [1.807, 2.05) is 44.2 Å². The average molecular weight is 308 g/mol. The molecule has 1 aromatic heterocycles. The number of aromatic nitrogens is 1. The Kier molecular flexibility index (Phi) is 4.52. The van der Waals surface area contributed by atoms with Gasteiger partial charge in [-0.2, -0.15) is 0 Å². The molecule has 0 saturated carbocycles. The largest absolute Gasteiger partial charge is 0.409 e. The van der Waals surface area contributed by atoms with Crippen molar-refractivity contribution in [1.82, 2.24) is 4.98 Å². The summed E-state index contributed by atoms with van der Waals surface area (Å²) >= 11 is 7.33. The van der Waals surface area contributed by atoms with E-state index >= 15 is 0 Å². The molecule has 20 heavy (non-hydrogen) atoms. The van der Waals surface area contributed by atoms with Gasteiger partial charge in [-0.3, -0.25) is 0 Å². The molecular formula is C14H14ClN3OS. The van der Waals surface area contributed by atoms with E-state index < -0.39 is 0 Å². The molecule has 2 aromatic rings. The van der Waals surface area contributed by atoms with Crippen LogP contribution in [0, 0.1) is 13.8 Å². The molecule has 1 heterocycles. The van der Waals surface area contributed by atoms with Gasteiger partial charge in [-0.05, 0) is 49.7 Å². The van der Waals surface area contributed by atoms with Gasteiger partial charge < -0.3 is 10.9 Å². The van der Waals surface area contributed by atoms with Crippen molar-refractivity contribution >= 4 is 29.2 Å². The van der Waals surface area contributed by atoms with E-state index in [0.717, 1.165) is 16.2 Å². The predicted molar refractivity (Wildman–Crippen MR) is 81.8 cm³/mol. The first-order valence-corrected chi connectivity index (χ1v) is 7.10. The number of benzene rings is 1. The summed E-state index contributed by atoms with van der Waals surface area (Å²) in [5, 5.41) is 13.4. The molecule has 2 rings (SSSR count). The van der Waals surface area contributed by atoms with Gasteiger partial charge >= 0.3 is 0 Å². The Morgan fingerprint density at radius 2 is 1.95 bits per heavy atom. The fourth-order valence-electron chi connectivity index (χ4n) is 1.85. The molecule has 1 aromatic carbocycles. The first-order chi connectivity index (χ1) is 9.51. The van der Waals surface area contributed by atoms with Crippen LogP contribution in [0.3, 0.4) is 0 Å². The molecule has 0 amide bonds. The summed E-state index contributed by atoms with van der Waals surface area (Å²) < 4.78 is 0. The van der Waals surface area contributed by atoms with Crippen LogP contribution in [-0.4, -0.2) is 16.0 Å². The number of nitrogens with zero attached hydrogens (tertiary/aromatic N) is 2. The summed E-state index contributed by atoms with van der Waals surface area (Å²) in [6.07, 6.45) is 0. The second kappa shape index (κ2) is 6.15. The van der Waals surface area contributed by atoms with E-state index in [2.05, 4.69) is 10.1 Å². The number of pyridine rings is 1. The summed E-state index contributed by atoms with van der Waals surface area (Å²) in [5.41, 5.74) is 8.20. The van der Waals surface area contributed by atoms with Crippen LogP contribution in [0.15, 0.2) is 45.4 Å². The highest BCUT2D eigenvalue weighted by molar-refractivity contribution is 7.99. The van der Waals surface area contributed by atoms with Gasteiger partial charge in [0.1, 0.15) is 5.03 Å². The van der Waals surface area contributed by atoms with Crippen LogP contribution >= 0.6 is 23.4 Å². The zero-order chi connectivity index (χ0) is 14.7. The van der Waals surface area contributed by atoms with Gasteiger partial charge in [-0.15, -0.1) is 0 Å². The van der Waals surface area contributed by atoms with E-state index in [0.29, 0.717) is 15.6 Å². The van der Waals surface area contributed by atoms with Crippen LogP contribution in [0.2, 0.25) is 5.02 Å². The first kappa shape index (κ1) is 14.7. The Morgan fingerprint density at radius 1 is 1.30 bits per heavy atom. The van der Waals surface area contributed by atoms with Crippen LogP contribution in [-0.2, 0) is 0 Å². The smallest absolute Gasteiger partial charge is 0.173 e. The van der Waals surface area contributed by atoms with Crippen LogP contribution < -0.4 is 5.73 Å². The maximum Gasteiger partial charge on any atom is 0.173 e. The molecule has 104 valence electrons. The molecule has 0 bridgehead atoms. The second-order valence-corrected chi connectivity index (χ2v) is 5.80. The van der Waals surface area contributed by atoms with Crippen molar-refractivity contribution in [3.05, 3.63) is 52.2 Å². The fourth-order valence-corrected chi connectivity index (χ4v) is 3.03. The van der Waals surface area contributed by atoms with Gasteiger partial charge in [0.15, 0.2) is 5.84 Å². The lowest BCUT2D eigenvalue weighted by Crippen LogP contribution is -2.17. The van der Waals surface area contributed by atoms with E-state index in [-0.39, 0.29) is 5.84 Å². The van der Waals surface area contributed by atoms with Crippen LogP contribution in [0.1, 0.15) is 16.8 Å². The van der Waals surface area contributed by atoms with Crippen molar-refractivity contribution in [3.63, 3.8) is 0 Å². The van der Waals surface area contributed by atoms with Crippen LogP contribution in [0.4, 0.5) is 0 Å². The molecule has 0 radical (unpaired) electrons. The lowest BCUT2D eigenvalue weighted by atomic mass is 10.1. The molecule has 3 N–H and O–H groups in total. The number of halogens is 1. The predicted octanol–water partition coefficient (Wildman–Crippen LogP) is 3.60. The maximum absolute atomic E-state index is 8.92. The Morgan fingerprint density at radius 3 is 2.55 bits per heavy atom. The molecule has 0 fully saturated rings. The lowest BCUT2D eigenvalue weighted by molar-refractivity contribution is 0.318. The molecule has 0 saturated heterocycles. The minimum atomic E-state index is 0.0615. The number of hydrogen-bond donors (Lipinski definition) is 2. The quantitative estimate of drug-likeness (QED) is 0.393. The Bertz CT molecular complexity index is 656. The number of oxime groups is 1. The summed E-state index contributed by atoms with van der Waals surface area (Å²) in [6.45, 7) is 3.82. The lowest BCUT2D eigenvalue weighted by Gasteiger charge is -2.11. The molecule has 0 aliphatic carbocycles. The molecule has 0 atom stereocenters. The van der Waals surface area contributed by atoms with Crippen LogP contribution in [0.25, 0.3) is 0 Å². The monoisotopic (exact) mass is 307 g/mol. The minimum absolute atomic E-state index is 0.0615. The minimum Gasteiger partial charge on any atom is -0.409 e. The second-order valence-electron chi connectivity index (χ2n) is 4.30. The van der Waals surface area contributed by atoms with Gasteiger partial charge in [-0.25, -0.2) is 4.98 Å². The van der Waals surface area contributed by atoms with Crippen molar-refractivity contribution in [1.29, 1.82) is 0 Å². The number of rotatable bonds is 3. The third-order valence-electron chi connectivity index (χ3n) is 2.70. The number of amidine groups is 1. The Labute approximate surface area is 126 Å². The standard InChI is InChI=1S/C14H14ClN3OS/c1-8-7-9(2)17-14(12(8)13(16)18-19)20-11-5-3-10(15)4-6-11/h3-7,19H,1-2H3,(H2,16,18). The average Bonchev–Trinajstić information content (AvgIpc) is 2.40. The van der Waals surface area contributed by atoms with Crippen molar-refractivity contribution in [2.75, 3.05) is 0 Å². The van der Waals surface area contributed by atoms with Gasteiger partial charge in [0.2, 0.25) is 0 Å². The number of aryl methyl sites for hydroxylation is 2. The van der Waals surface area contributed by atoms with E-state index in [1.54, 1.807) is 0 Å². The molecule has 4 nitrogen and oxygen atoms in total. The highest BCUT2D eigenvalue weighted by Gasteiger charge is 2.14. The van der Waals surface area contributed by atoms with E-state index in [1.165, 1.54) is 11.8 Å². The van der Waals surface area contributed by atoms with Crippen LogP contribution in [0.5, 0.6) is 0 Å². The Balaban J connectivity index is 2.47. The normalized spacial score (nSPS) is 11.7. The van der Waals surface area contributed by atoms with Gasteiger partial charge in [0, 0.05) is 15.6 Å². The SMILES string of the molecule is Cc1cc(C)c(C(N)=NO)c(Sc2ccc(Cl)cc2)n1. The molecule has 0 aliphatic rings. The molecular weight excluding hydrogens is 294 g/mol. The number of hydrogen-bond acceptors (Lipinski definition) is 4. The fraction of sp³-hybridized carbons (Fsp3) is 0.143. The first-order valence-electron chi connectivity index (χ1n) is 5.91. The highest BCUT2D eigenvalue weighted by Crippen LogP contribution is 2.31. The zero-order valence-corrected chi connectivity index (χ0v) is 12.7. The van der Waals surface area contributed by atoms with E-state index in [9.17, 15) is 0 Å². The number of nitrogens with two attached hydrogens (primary N) is 1. The van der Waals surface area contributed by atoms with Crippen molar-refractivity contribution in [2.45, 2.75) is 23.8 Å². The van der Waals surface area contributed by atoms with Crippen molar-refractivity contribution in [2.24, 2.45) is 10.9 Å². The molecule has 0 spiro atoms. The molecule has 6 heteroatoms. The summed E-state index contributed by atoms with van der Waals surface area (Å²) in [5.74, 6) is 0.0615. The zero-order valence-electron chi connectivity index (χ0n) is 11.1. The maximum atomic E-state index is 8.92. The summed E-state index contributed by atoms with van der Waals surface area (Å²) in [7, 11) is 0. The van der Waals surface area contributed by atoms with Gasteiger partial charge in [0.05, 0.1) is 5.56 Å². The van der Waals surface area contributed by atoms with E-state index in [4.69, 9.17) is 22.5 Å². The van der Waals surface area contributed by atoms with Gasteiger partial charge in [-0.1, -0.05) is 28.5 Å². The Hall–Kier alpha value is -1.72. The molecule has 0 unspecified atom stereocenters.